The molecule has 0 saturated carbocycles. The van der Waals surface area contributed by atoms with E-state index in [1.54, 1.807) is 12.1 Å². The van der Waals surface area contributed by atoms with Crippen molar-refractivity contribution in [3.8, 4) is 0 Å². The number of ketones is 1. The Morgan fingerprint density at radius 3 is 2.18 bits per heavy atom. The molecule has 5 heteroatoms. The van der Waals surface area contributed by atoms with E-state index in [2.05, 4.69) is 53.6 Å². The molecule has 174 valence electrons. The van der Waals surface area contributed by atoms with Crippen LogP contribution in [0.25, 0.3) is 0 Å². The highest BCUT2D eigenvalue weighted by Gasteiger charge is 2.36. The Labute approximate surface area is 200 Å². The summed E-state index contributed by atoms with van der Waals surface area (Å²) in [6.07, 6.45) is 1.12. The molecule has 1 heterocycles. The van der Waals surface area contributed by atoms with Crippen LogP contribution < -0.4 is 15.5 Å². The molecule has 0 radical (unpaired) electrons. The zero-order chi connectivity index (χ0) is 23.7. The number of hydrogen-bond acceptors (Lipinski definition) is 4. The fourth-order valence-corrected chi connectivity index (χ4v) is 5.18. The standard InChI is InChI=1S/C29H30FN3O/c1-3-33(4-2)23-15-11-20(12-16-23)29-28-26(31-24-7-5-6-8-25(24)32-29)17-21(18-27(28)34)19-9-13-22(30)14-10-19/h5-16,21,29,31-32H,3-4,17-18H2,1-2H3. The molecular weight excluding hydrogens is 425 g/mol. The first-order chi connectivity index (χ1) is 16.6. The Bertz CT molecular complexity index is 1210. The number of carbonyl (C=O) groups is 1. The van der Waals surface area contributed by atoms with Crippen LogP contribution in [0.4, 0.5) is 21.5 Å². The van der Waals surface area contributed by atoms with Gasteiger partial charge in [-0.25, -0.2) is 4.39 Å². The SMILES string of the molecule is CCN(CC)c1ccc(C2Nc3ccccc3NC3=C2C(=O)CC(c2ccc(F)cc2)C3)cc1. The zero-order valence-electron chi connectivity index (χ0n) is 19.6. The maximum atomic E-state index is 13.6. The summed E-state index contributed by atoms with van der Waals surface area (Å²) in [6, 6.07) is 22.9. The first kappa shape index (κ1) is 22.2. The minimum Gasteiger partial charge on any atom is -0.372 e. The van der Waals surface area contributed by atoms with Gasteiger partial charge in [0.05, 0.1) is 17.4 Å². The topological polar surface area (TPSA) is 44.4 Å². The van der Waals surface area contributed by atoms with Crippen LogP contribution in [-0.4, -0.2) is 18.9 Å². The lowest BCUT2D eigenvalue weighted by atomic mass is 9.78. The quantitative estimate of drug-likeness (QED) is 0.452. The van der Waals surface area contributed by atoms with Gasteiger partial charge in [0.2, 0.25) is 0 Å². The van der Waals surface area contributed by atoms with Gasteiger partial charge in [-0.1, -0.05) is 36.4 Å². The first-order valence-corrected chi connectivity index (χ1v) is 12.1. The number of rotatable bonds is 5. The lowest BCUT2D eigenvalue weighted by molar-refractivity contribution is -0.116. The number of para-hydroxylation sites is 2. The van der Waals surface area contributed by atoms with E-state index in [1.165, 1.54) is 17.8 Å². The third-order valence-corrected chi connectivity index (χ3v) is 7.01. The second-order valence-corrected chi connectivity index (χ2v) is 8.98. The van der Waals surface area contributed by atoms with E-state index in [0.29, 0.717) is 12.8 Å². The molecule has 2 N–H and O–H groups in total. The van der Waals surface area contributed by atoms with Crippen LogP contribution in [-0.2, 0) is 4.79 Å². The predicted molar refractivity (Wildman–Crippen MR) is 137 cm³/mol. The van der Waals surface area contributed by atoms with E-state index in [0.717, 1.165) is 46.9 Å². The highest BCUT2D eigenvalue weighted by atomic mass is 19.1. The molecule has 0 saturated heterocycles. The van der Waals surface area contributed by atoms with Gasteiger partial charge in [-0.3, -0.25) is 4.79 Å². The second-order valence-electron chi connectivity index (χ2n) is 8.98. The Morgan fingerprint density at radius 2 is 1.50 bits per heavy atom. The number of allylic oxidation sites excluding steroid dienone is 1. The van der Waals surface area contributed by atoms with Crippen molar-refractivity contribution in [3.63, 3.8) is 0 Å². The molecule has 0 amide bonds. The number of hydrogen-bond donors (Lipinski definition) is 2. The zero-order valence-corrected chi connectivity index (χ0v) is 19.6. The van der Waals surface area contributed by atoms with E-state index in [4.69, 9.17) is 0 Å². The van der Waals surface area contributed by atoms with E-state index < -0.39 is 0 Å². The molecule has 3 aromatic carbocycles. The molecular formula is C29H30FN3O. The number of halogens is 1. The van der Waals surface area contributed by atoms with Crippen LogP contribution in [0.1, 0.15) is 49.8 Å². The van der Waals surface area contributed by atoms with Crippen LogP contribution in [0.15, 0.2) is 84.1 Å². The average molecular weight is 456 g/mol. The summed E-state index contributed by atoms with van der Waals surface area (Å²) >= 11 is 0. The molecule has 2 unspecified atom stereocenters. The fraction of sp³-hybridized carbons (Fsp3) is 0.276. The monoisotopic (exact) mass is 455 g/mol. The number of benzene rings is 3. The van der Waals surface area contributed by atoms with E-state index in [-0.39, 0.29) is 23.6 Å². The average Bonchev–Trinajstić information content (AvgIpc) is 3.02. The van der Waals surface area contributed by atoms with Gasteiger partial charge in [0.1, 0.15) is 5.82 Å². The van der Waals surface area contributed by atoms with Gasteiger partial charge in [0, 0.05) is 36.5 Å². The smallest absolute Gasteiger partial charge is 0.163 e. The molecule has 1 aliphatic carbocycles. The summed E-state index contributed by atoms with van der Waals surface area (Å²) in [6.45, 7) is 6.21. The molecule has 1 aliphatic heterocycles. The summed E-state index contributed by atoms with van der Waals surface area (Å²) in [5, 5.41) is 7.20. The highest BCUT2D eigenvalue weighted by molar-refractivity contribution is 6.01. The summed E-state index contributed by atoms with van der Waals surface area (Å²) in [5.74, 6) is -0.110. The molecule has 3 aromatic rings. The molecule has 0 spiro atoms. The summed E-state index contributed by atoms with van der Waals surface area (Å²) in [4.78, 5) is 15.9. The highest BCUT2D eigenvalue weighted by Crippen LogP contribution is 2.44. The van der Waals surface area contributed by atoms with Crippen molar-refractivity contribution in [3.05, 3.63) is 101 Å². The summed E-state index contributed by atoms with van der Waals surface area (Å²) < 4.78 is 13.5. The van der Waals surface area contributed by atoms with Crippen LogP contribution in [0.2, 0.25) is 0 Å². The number of fused-ring (bicyclic) bond motifs is 1. The summed E-state index contributed by atoms with van der Waals surface area (Å²) in [5.41, 5.74) is 6.92. The number of nitrogens with one attached hydrogen (secondary N) is 2. The van der Waals surface area contributed by atoms with E-state index in [9.17, 15) is 9.18 Å². The van der Waals surface area contributed by atoms with Crippen molar-refractivity contribution in [2.24, 2.45) is 0 Å². The Hall–Kier alpha value is -3.60. The first-order valence-electron chi connectivity index (χ1n) is 12.1. The van der Waals surface area contributed by atoms with Gasteiger partial charge in [-0.05, 0) is 73.7 Å². The van der Waals surface area contributed by atoms with E-state index in [1.807, 2.05) is 24.3 Å². The maximum Gasteiger partial charge on any atom is 0.163 e. The van der Waals surface area contributed by atoms with Gasteiger partial charge in [-0.15, -0.1) is 0 Å². The second kappa shape index (κ2) is 9.34. The Morgan fingerprint density at radius 1 is 0.853 bits per heavy atom. The van der Waals surface area contributed by atoms with Gasteiger partial charge < -0.3 is 15.5 Å². The molecule has 0 fully saturated rings. The number of anilines is 3. The molecule has 0 bridgehead atoms. The van der Waals surface area contributed by atoms with Gasteiger partial charge in [0.15, 0.2) is 5.78 Å². The minimum absolute atomic E-state index is 0.0234. The van der Waals surface area contributed by atoms with Gasteiger partial charge in [0.25, 0.3) is 0 Å². The van der Waals surface area contributed by atoms with E-state index >= 15 is 0 Å². The molecule has 0 aromatic heterocycles. The normalized spacial score (nSPS) is 19.4. The van der Waals surface area contributed by atoms with Crippen molar-refractivity contribution in [1.82, 2.24) is 0 Å². The Balaban J connectivity index is 1.55. The van der Waals surface area contributed by atoms with Gasteiger partial charge in [-0.2, -0.15) is 0 Å². The Kier molecular flexibility index (Phi) is 6.10. The maximum absolute atomic E-state index is 13.6. The third kappa shape index (κ3) is 4.18. The van der Waals surface area contributed by atoms with Crippen molar-refractivity contribution in [2.75, 3.05) is 28.6 Å². The lowest BCUT2D eigenvalue weighted by Gasteiger charge is -2.30. The van der Waals surface area contributed by atoms with Crippen LogP contribution in [0.3, 0.4) is 0 Å². The lowest BCUT2D eigenvalue weighted by Crippen LogP contribution is -2.27. The number of carbonyl (C=O) groups excluding carboxylic acids is 1. The largest absolute Gasteiger partial charge is 0.372 e. The predicted octanol–water partition coefficient (Wildman–Crippen LogP) is 6.65. The van der Waals surface area contributed by atoms with Crippen molar-refractivity contribution in [2.45, 2.75) is 38.6 Å². The summed E-state index contributed by atoms with van der Waals surface area (Å²) in [7, 11) is 0. The van der Waals surface area contributed by atoms with Crippen LogP contribution >= 0.6 is 0 Å². The number of nitrogens with zero attached hydrogens (tertiary/aromatic N) is 1. The molecule has 34 heavy (non-hydrogen) atoms. The van der Waals surface area contributed by atoms with Crippen LogP contribution in [0, 0.1) is 5.82 Å². The van der Waals surface area contributed by atoms with Crippen molar-refractivity contribution < 1.29 is 9.18 Å². The fourth-order valence-electron chi connectivity index (χ4n) is 5.18. The van der Waals surface area contributed by atoms with Gasteiger partial charge >= 0.3 is 0 Å². The minimum atomic E-state index is -0.260. The molecule has 2 aliphatic rings. The van der Waals surface area contributed by atoms with Crippen LogP contribution in [0.5, 0.6) is 0 Å². The third-order valence-electron chi connectivity index (χ3n) is 7.01. The molecule has 2 atom stereocenters. The van der Waals surface area contributed by atoms with Crippen molar-refractivity contribution >= 4 is 22.8 Å². The van der Waals surface area contributed by atoms with Crippen molar-refractivity contribution in [1.29, 1.82) is 0 Å². The molecule has 5 rings (SSSR count). The number of Topliss-reactive ketones (excluding diaryl/α,β-unsaturated/α-hetero) is 1. The molecule has 4 nitrogen and oxygen atoms in total.